The van der Waals surface area contributed by atoms with Crippen molar-refractivity contribution in [2.45, 2.75) is 20.3 Å². The Bertz CT molecular complexity index is 594. The second-order valence-corrected chi connectivity index (χ2v) is 4.24. The van der Waals surface area contributed by atoms with Crippen LogP contribution < -0.4 is 5.32 Å². The van der Waals surface area contributed by atoms with E-state index in [-0.39, 0.29) is 17.4 Å². The molecule has 5 nitrogen and oxygen atoms in total. The Hall–Kier alpha value is -2.24. The molecule has 0 saturated heterocycles. The van der Waals surface area contributed by atoms with Crippen molar-refractivity contribution >= 4 is 5.91 Å². The van der Waals surface area contributed by atoms with Crippen molar-refractivity contribution in [3.05, 3.63) is 41.5 Å². The first-order chi connectivity index (χ1) is 9.11. The number of aryl methyl sites for hydroxylation is 1. The molecule has 0 atom stereocenters. The molecule has 0 radical (unpaired) electrons. The number of hydrogen-bond donors (Lipinski definition) is 1. The van der Waals surface area contributed by atoms with Crippen molar-refractivity contribution in [3.63, 3.8) is 0 Å². The average Bonchev–Trinajstić information content (AvgIpc) is 2.89. The summed E-state index contributed by atoms with van der Waals surface area (Å²) in [5, 5.41) is 10.4. The number of carbonyl (C=O) groups excluding carboxylic acids is 1. The molecule has 0 fully saturated rings. The summed E-state index contributed by atoms with van der Waals surface area (Å²) in [7, 11) is 0. The number of nitrogens with one attached hydrogen (secondary N) is 1. The molecule has 0 aliphatic heterocycles. The number of aromatic nitrogens is 3. The van der Waals surface area contributed by atoms with E-state index in [2.05, 4.69) is 15.6 Å². The van der Waals surface area contributed by atoms with Crippen LogP contribution in [0, 0.1) is 12.7 Å². The fraction of sp³-hybridized carbons (Fsp3) is 0.308. The number of benzene rings is 1. The third-order valence-electron chi connectivity index (χ3n) is 2.67. The lowest BCUT2D eigenvalue weighted by Gasteiger charge is -2.02. The summed E-state index contributed by atoms with van der Waals surface area (Å²) in [5.41, 5.74) is 1.43. The maximum absolute atomic E-state index is 13.2. The predicted molar refractivity (Wildman–Crippen MR) is 68.7 cm³/mol. The maximum atomic E-state index is 13.2. The molecule has 1 heterocycles. The monoisotopic (exact) mass is 262 g/mol. The summed E-state index contributed by atoms with van der Waals surface area (Å²) in [6, 6.07) is 4.60. The van der Waals surface area contributed by atoms with Crippen molar-refractivity contribution in [2.75, 3.05) is 6.54 Å². The molecule has 19 heavy (non-hydrogen) atoms. The van der Waals surface area contributed by atoms with Crippen LogP contribution in [0.2, 0.25) is 0 Å². The van der Waals surface area contributed by atoms with E-state index in [4.69, 9.17) is 0 Å². The van der Waals surface area contributed by atoms with Crippen LogP contribution in [-0.2, 0) is 0 Å². The van der Waals surface area contributed by atoms with Gasteiger partial charge in [-0.15, -0.1) is 5.10 Å². The van der Waals surface area contributed by atoms with Gasteiger partial charge in [-0.3, -0.25) is 4.79 Å². The van der Waals surface area contributed by atoms with Gasteiger partial charge in [0.15, 0.2) is 5.69 Å². The molecule has 1 aromatic carbocycles. The molecule has 1 N–H and O–H groups in total. The van der Waals surface area contributed by atoms with E-state index in [1.165, 1.54) is 16.9 Å². The Labute approximate surface area is 110 Å². The van der Waals surface area contributed by atoms with Gasteiger partial charge < -0.3 is 5.32 Å². The lowest BCUT2D eigenvalue weighted by atomic mass is 10.2. The van der Waals surface area contributed by atoms with Gasteiger partial charge in [0.2, 0.25) is 0 Å². The molecule has 0 bridgehead atoms. The van der Waals surface area contributed by atoms with Crippen molar-refractivity contribution in [3.8, 4) is 5.69 Å². The third-order valence-corrected chi connectivity index (χ3v) is 2.67. The third kappa shape index (κ3) is 2.96. The van der Waals surface area contributed by atoms with Crippen LogP contribution in [0.15, 0.2) is 24.4 Å². The first kappa shape index (κ1) is 13.2. The summed E-state index contributed by atoms with van der Waals surface area (Å²) in [4.78, 5) is 11.7. The van der Waals surface area contributed by atoms with Gasteiger partial charge in [-0.05, 0) is 37.1 Å². The fourth-order valence-corrected chi connectivity index (χ4v) is 1.59. The highest BCUT2D eigenvalue weighted by atomic mass is 19.1. The van der Waals surface area contributed by atoms with Gasteiger partial charge in [0, 0.05) is 6.54 Å². The van der Waals surface area contributed by atoms with Crippen LogP contribution in [-0.4, -0.2) is 27.4 Å². The van der Waals surface area contributed by atoms with Gasteiger partial charge in [0.05, 0.1) is 11.9 Å². The lowest BCUT2D eigenvalue weighted by molar-refractivity contribution is 0.0948. The van der Waals surface area contributed by atoms with Gasteiger partial charge in [0.25, 0.3) is 5.91 Å². The number of rotatable bonds is 4. The summed E-state index contributed by atoms with van der Waals surface area (Å²) in [6.45, 7) is 4.24. The van der Waals surface area contributed by atoms with Gasteiger partial charge in [-0.1, -0.05) is 12.1 Å². The predicted octanol–water partition coefficient (Wildman–Crippen LogP) is 1.85. The number of nitrogens with zero attached hydrogens (tertiary/aromatic N) is 3. The van der Waals surface area contributed by atoms with E-state index >= 15 is 0 Å². The SMILES string of the molecule is CCCNC(=O)c1cn(-c2ccc(F)c(C)c2)nn1. The van der Waals surface area contributed by atoms with E-state index in [0.29, 0.717) is 17.8 Å². The zero-order valence-corrected chi connectivity index (χ0v) is 10.9. The second-order valence-electron chi connectivity index (χ2n) is 4.24. The highest BCUT2D eigenvalue weighted by molar-refractivity contribution is 5.91. The van der Waals surface area contributed by atoms with Crippen LogP contribution in [0.4, 0.5) is 4.39 Å². The second kappa shape index (κ2) is 5.60. The minimum Gasteiger partial charge on any atom is -0.351 e. The van der Waals surface area contributed by atoms with Crippen LogP contribution >= 0.6 is 0 Å². The van der Waals surface area contributed by atoms with Crippen molar-refractivity contribution in [2.24, 2.45) is 0 Å². The van der Waals surface area contributed by atoms with Crippen molar-refractivity contribution in [1.82, 2.24) is 20.3 Å². The standard InChI is InChI=1S/C13H15FN4O/c1-3-6-15-13(19)12-8-18(17-16-12)10-4-5-11(14)9(2)7-10/h4-5,7-8H,3,6H2,1-2H3,(H,15,19). The fourth-order valence-electron chi connectivity index (χ4n) is 1.59. The van der Waals surface area contributed by atoms with E-state index in [1.54, 1.807) is 19.1 Å². The first-order valence-corrected chi connectivity index (χ1v) is 6.09. The maximum Gasteiger partial charge on any atom is 0.273 e. The molecule has 2 rings (SSSR count). The smallest absolute Gasteiger partial charge is 0.273 e. The number of halogens is 1. The Morgan fingerprint density at radius 2 is 2.26 bits per heavy atom. The van der Waals surface area contributed by atoms with Crippen LogP contribution in [0.5, 0.6) is 0 Å². The normalized spacial score (nSPS) is 10.5. The highest BCUT2D eigenvalue weighted by Crippen LogP contribution is 2.12. The van der Waals surface area contributed by atoms with E-state index in [1.807, 2.05) is 6.92 Å². The zero-order valence-electron chi connectivity index (χ0n) is 10.9. The summed E-state index contributed by atoms with van der Waals surface area (Å²) >= 11 is 0. The van der Waals surface area contributed by atoms with E-state index in [9.17, 15) is 9.18 Å². The molecule has 1 amide bonds. The molecule has 0 aliphatic rings. The van der Waals surface area contributed by atoms with Gasteiger partial charge in [-0.25, -0.2) is 9.07 Å². The number of amides is 1. The molecule has 0 unspecified atom stereocenters. The van der Waals surface area contributed by atoms with Gasteiger partial charge in [0.1, 0.15) is 5.82 Å². The quantitative estimate of drug-likeness (QED) is 0.914. The van der Waals surface area contributed by atoms with Gasteiger partial charge >= 0.3 is 0 Å². The molecule has 1 aromatic heterocycles. The van der Waals surface area contributed by atoms with Crippen molar-refractivity contribution < 1.29 is 9.18 Å². The minimum absolute atomic E-state index is 0.246. The first-order valence-electron chi connectivity index (χ1n) is 6.09. The topological polar surface area (TPSA) is 59.8 Å². The Morgan fingerprint density at radius 1 is 1.47 bits per heavy atom. The zero-order chi connectivity index (χ0) is 13.8. The molecule has 0 aliphatic carbocycles. The molecule has 100 valence electrons. The van der Waals surface area contributed by atoms with Crippen molar-refractivity contribution in [1.29, 1.82) is 0 Å². The Morgan fingerprint density at radius 3 is 2.95 bits per heavy atom. The summed E-state index contributed by atoms with van der Waals surface area (Å²) < 4.78 is 14.6. The number of hydrogen-bond acceptors (Lipinski definition) is 3. The Balaban J connectivity index is 2.20. The molecule has 0 spiro atoms. The molecular formula is C13H15FN4O. The summed E-state index contributed by atoms with van der Waals surface area (Å²) in [5.74, 6) is -0.531. The molecule has 2 aromatic rings. The van der Waals surface area contributed by atoms with Crippen LogP contribution in [0.25, 0.3) is 5.69 Å². The lowest BCUT2D eigenvalue weighted by Crippen LogP contribution is -2.24. The average molecular weight is 262 g/mol. The molecule has 0 saturated carbocycles. The molecule has 6 heteroatoms. The Kier molecular flexibility index (Phi) is 3.89. The van der Waals surface area contributed by atoms with E-state index in [0.717, 1.165) is 6.42 Å². The largest absolute Gasteiger partial charge is 0.351 e. The van der Waals surface area contributed by atoms with Gasteiger partial charge in [-0.2, -0.15) is 0 Å². The number of carbonyl (C=O) groups is 1. The molecular weight excluding hydrogens is 247 g/mol. The van der Waals surface area contributed by atoms with Crippen LogP contribution in [0.3, 0.4) is 0 Å². The minimum atomic E-state index is -0.273. The van der Waals surface area contributed by atoms with E-state index < -0.39 is 0 Å². The summed E-state index contributed by atoms with van der Waals surface area (Å²) in [6.07, 6.45) is 2.38. The highest BCUT2D eigenvalue weighted by Gasteiger charge is 2.11. The van der Waals surface area contributed by atoms with Crippen LogP contribution in [0.1, 0.15) is 29.4 Å².